The van der Waals surface area contributed by atoms with Crippen LogP contribution in [-0.2, 0) is 4.79 Å². The van der Waals surface area contributed by atoms with Crippen molar-refractivity contribution in [2.45, 2.75) is 19.8 Å². The monoisotopic (exact) mass is 377 g/mol. The van der Waals surface area contributed by atoms with Gasteiger partial charge in [-0.1, -0.05) is 0 Å². The number of nitrogens with one attached hydrogen (secondary N) is 1. The second-order valence-corrected chi connectivity index (χ2v) is 7.02. The number of nitrogens with zero attached hydrogens (tertiary/aromatic N) is 4. The SMILES string of the molecule is COc1ccc(NC(=O)C2CCN(c3cnc4nccnc4c3)CC2)c(C)c1. The maximum Gasteiger partial charge on any atom is 0.227 e. The molecule has 7 nitrogen and oxygen atoms in total. The molecule has 1 saturated heterocycles. The summed E-state index contributed by atoms with van der Waals surface area (Å²) in [6, 6.07) is 7.69. The van der Waals surface area contributed by atoms with E-state index >= 15 is 0 Å². The van der Waals surface area contributed by atoms with Crippen molar-refractivity contribution in [3.8, 4) is 5.75 Å². The summed E-state index contributed by atoms with van der Waals surface area (Å²) in [5.74, 6) is 0.874. The quantitative estimate of drug-likeness (QED) is 0.752. The minimum atomic E-state index is 0.00552. The molecule has 1 aliphatic rings. The predicted molar refractivity (Wildman–Crippen MR) is 109 cm³/mol. The Morgan fingerprint density at radius 2 is 1.93 bits per heavy atom. The predicted octanol–water partition coefficient (Wildman–Crippen LogP) is 3.20. The average molecular weight is 377 g/mol. The molecule has 0 radical (unpaired) electrons. The zero-order valence-electron chi connectivity index (χ0n) is 16.1. The van der Waals surface area contributed by atoms with Gasteiger partial charge in [0.05, 0.1) is 19.0 Å². The molecule has 1 fully saturated rings. The molecule has 0 saturated carbocycles. The zero-order valence-corrected chi connectivity index (χ0v) is 16.1. The number of aryl methyl sites for hydroxylation is 1. The number of anilines is 2. The molecule has 144 valence electrons. The van der Waals surface area contributed by atoms with Gasteiger partial charge in [-0.05, 0) is 49.6 Å². The van der Waals surface area contributed by atoms with Gasteiger partial charge in [0.1, 0.15) is 11.3 Å². The van der Waals surface area contributed by atoms with Crippen LogP contribution < -0.4 is 15.0 Å². The Bertz CT molecular complexity index is 999. The molecule has 0 bridgehead atoms. The summed E-state index contributed by atoms with van der Waals surface area (Å²) >= 11 is 0. The number of carbonyl (C=O) groups excluding carboxylic acids is 1. The van der Waals surface area contributed by atoms with Crippen LogP contribution in [0.4, 0.5) is 11.4 Å². The van der Waals surface area contributed by atoms with Gasteiger partial charge >= 0.3 is 0 Å². The van der Waals surface area contributed by atoms with E-state index in [1.54, 1.807) is 19.5 Å². The van der Waals surface area contributed by atoms with Crippen molar-refractivity contribution >= 4 is 28.4 Å². The zero-order chi connectivity index (χ0) is 19.5. The molecule has 3 aromatic rings. The maximum absolute atomic E-state index is 12.7. The highest BCUT2D eigenvalue weighted by molar-refractivity contribution is 5.93. The number of ether oxygens (including phenoxy) is 1. The Kier molecular flexibility index (Phi) is 5.06. The summed E-state index contributed by atoms with van der Waals surface area (Å²) in [6.45, 7) is 3.59. The van der Waals surface area contributed by atoms with Gasteiger partial charge in [0.2, 0.25) is 5.91 Å². The summed E-state index contributed by atoms with van der Waals surface area (Å²) in [4.78, 5) is 27.9. The van der Waals surface area contributed by atoms with E-state index in [9.17, 15) is 4.79 Å². The fraction of sp³-hybridized carbons (Fsp3) is 0.333. The molecule has 0 unspecified atom stereocenters. The molecule has 1 aromatic carbocycles. The number of hydrogen-bond donors (Lipinski definition) is 1. The molecule has 7 heteroatoms. The van der Waals surface area contributed by atoms with Crippen LogP contribution in [0, 0.1) is 12.8 Å². The molecule has 0 spiro atoms. The summed E-state index contributed by atoms with van der Waals surface area (Å²) in [5, 5.41) is 3.07. The Labute approximate surface area is 163 Å². The topological polar surface area (TPSA) is 80.2 Å². The van der Waals surface area contributed by atoms with Gasteiger partial charge in [-0.25, -0.2) is 9.97 Å². The number of benzene rings is 1. The average Bonchev–Trinajstić information content (AvgIpc) is 2.75. The van der Waals surface area contributed by atoms with Crippen LogP contribution in [0.15, 0.2) is 42.9 Å². The van der Waals surface area contributed by atoms with Gasteiger partial charge in [0.15, 0.2) is 5.65 Å². The molecular formula is C21H23N5O2. The highest BCUT2D eigenvalue weighted by atomic mass is 16.5. The number of amides is 1. The van der Waals surface area contributed by atoms with Gasteiger partial charge in [-0.2, -0.15) is 0 Å². The van der Waals surface area contributed by atoms with Crippen LogP contribution in [-0.4, -0.2) is 41.1 Å². The molecule has 1 aliphatic heterocycles. The van der Waals surface area contributed by atoms with Crippen LogP contribution >= 0.6 is 0 Å². The van der Waals surface area contributed by atoms with E-state index in [-0.39, 0.29) is 11.8 Å². The number of fused-ring (bicyclic) bond motifs is 1. The Hall–Kier alpha value is -3.22. The van der Waals surface area contributed by atoms with Gasteiger partial charge in [-0.3, -0.25) is 9.78 Å². The number of pyridine rings is 1. The summed E-state index contributed by atoms with van der Waals surface area (Å²) < 4.78 is 5.22. The summed E-state index contributed by atoms with van der Waals surface area (Å²) in [7, 11) is 1.64. The fourth-order valence-electron chi connectivity index (χ4n) is 3.56. The van der Waals surface area contributed by atoms with Crippen LogP contribution in [0.5, 0.6) is 5.75 Å². The third-order valence-corrected chi connectivity index (χ3v) is 5.23. The van der Waals surface area contributed by atoms with E-state index < -0.39 is 0 Å². The second-order valence-electron chi connectivity index (χ2n) is 7.02. The second kappa shape index (κ2) is 7.80. The molecule has 1 N–H and O–H groups in total. The first-order valence-corrected chi connectivity index (χ1v) is 9.41. The van der Waals surface area contributed by atoms with Crippen molar-refractivity contribution < 1.29 is 9.53 Å². The van der Waals surface area contributed by atoms with Crippen LogP contribution in [0.1, 0.15) is 18.4 Å². The van der Waals surface area contributed by atoms with Crippen LogP contribution in [0.3, 0.4) is 0 Å². The maximum atomic E-state index is 12.7. The standard InChI is InChI=1S/C21H23N5O2/c1-14-11-17(28-2)3-4-18(14)25-21(27)15-5-9-26(10-6-15)16-12-19-20(24-13-16)23-8-7-22-19/h3-4,7-8,11-13,15H,5-6,9-10H2,1-2H3,(H,25,27). The normalized spacial score (nSPS) is 14.9. The lowest BCUT2D eigenvalue weighted by atomic mass is 9.95. The fourth-order valence-corrected chi connectivity index (χ4v) is 3.56. The summed E-state index contributed by atoms with van der Waals surface area (Å²) in [6.07, 6.45) is 6.76. The van der Waals surface area contributed by atoms with Crippen LogP contribution in [0.25, 0.3) is 11.2 Å². The Balaban J connectivity index is 1.38. The van der Waals surface area contributed by atoms with Crippen molar-refractivity contribution in [1.29, 1.82) is 0 Å². The van der Waals surface area contributed by atoms with Gasteiger partial charge in [0, 0.05) is 37.1 Å². The first-order chi connectivity index (χ1) is 13.6. The van der Waals surface area contributed by atoms with Crippen molar-refractivity contribution in [1.82, 2.24) is 15.0 Å². The lowest BCUT2D eigenvalue weighted by Gasteiger charge is -2.32. The van der Waals surface area contributed by atoms with E-state index in [2.05, 4.69) is 25.2 Å². The number of piperidine rings is 1. The Morgan fingerprint density at radius 1 is 1.14 bits per heavy atom. The molecular weight excluding hydrogens is 354 g/mol. The van der Waals surface area contributed by atoms with E-state index in [0.717, 1.165) is 54.1 Å². The van der Waals surface area contributed by atoms with Gasteiger partial charge < -0.3 is 15.0 Å². The smallest absolute Gasteiger partial charge is 0.227 e. The number of methoxy groups -OCH3 is 1. The van der Waals surface area contributed by atoms with E-state index in [1.165, 1.54) is 0 Å². The largest absolute Gasteiger partial charge is 0.497 e. The first-order valence-electron chi connectivity index (χ1n) is 9.41. The van der Waals surface area contributed by atoms with Crippen molar-refractivity contribution in [2.75, 3.05) is 30.4 Å². The minimum absolute atomic E-state index is 0.00552. The third-order valence-electron chi connectivity index (χ3n) is 5.23. The van der Waals surface area contributed by atoms with Crippen molar-refractivity contribution in [3.05, 3.63) is 48.4 Å². The third kappa shape index (κ3) is 3.74. The highest BCUT2D eigenvalue weighted by Gasteiger charge is 2.26. The molecule has 1 amide bonds. The molecule has 0 atom stereocenters. The summed E-state index contributed by atoms with van der Waals surface area (Å²) in [5.41, 5.74) is 4.29. The highest BCUT2D eigenvalue weighted by Crippen LogP contribution is 2.26. The lowest BCUT2D eigenvalue weighted by molar-refractivity contribution is -0.120. The molecule has 4 rings (SSSR count). The minimum Gasteiger partial charge on any atom is -0.497 e. The van der Waals surface area contributed by atoms with E-state index in [1.807, 2.05) is 37.4 Å². The van der Waals surface area contributed by atoms with Crippen molar-refractivity contribution in [2.24, 2.45) is 5.92 Å². The number of hydrogen-bond acceptors (Lipinski definition) is 6. The Morgan fingerprint density at radius 3 is 2.68 bits per heavy atom. The molecule has 3 heterocycles. The lowest BCUT2D eigenvalue weighted by Crippen LogP contribution is -2.38. The van der Waals surface area contributed by atoms with Gasteiger partial charge in [0.25, 0.3) is 0 Å². The van der Waals surface area contributed by atoms with E-state index in [0.29, 0.717) is 5.65 Å². The molecule has 28 heavy (non-hydrogen) atoms. The molecule has 2 aromatic heterocycles. The van der Waals surface area contributed by atoms with Crippen LogP contribution in [0.2, 0.25) is 0 Å². The molecule has 0 aliphatic carbocycles. The van der Waals surface area contributed by atoms with Crippen molar-refractivity contribution in [3.63, 3.8) is 0 Å². The number of carbonyl (C=O) groups is 1. The number of rotatable bonds is 4. The van der Waals surface area contributed by atoms with E-state index in [4.69, 9.17) is 4.74 Å². The number of aromatic nitrogens is 3. The van der Waals surface area contributed by atoms with Gasteiger partial charge in [-0.15, -0.1) is 0 Å². The first kappa shape index (κ1) is 18.2.